The SMILES string of the molecule is OC=CCCCO.OCC=CCCO. The van der Waals surface area contributed by atoms with Gasteiger partial charge in [-0.1, -0.05) is 18.2 Å². The minimum atomic E-state index is 0.0694. The first-order valence-corrected chi connectivity index (χ1v) is 4.60. The molecule has 0 atom stereocenters. The summed E-state index contributed by atoms with van der Waals surface area (Å²) in [6.45, 7) is 0.431. The van der Waals surface area contributed by atoms with Crippen molar-refractivity contribution in [3.05, 3.63) is 24.5 Å². The predicted molar refractivity (Wildman–Crippen MR) is 56.0 cm³/mol. The number of allylic oxidation sites excluding steroid dienone is 1. The quantitative estimate of drug-likeness (QED) is 0.292. The third-order valence-corrected chi connectivity index (χ3v) is 1.20. The lowest BCUT2D eigenvalue weighted by Gasteiger charge is -1.83. The molecule has 0 amide bonds. The molecule has 0 saturated heterocycles. The molecule has 84 valence electrons. The molecule has 0 fully saturated rings. The second-order valence-electron chi connectivity index (χ2n) is 2.42. The molecule has 0 heterocycles. The van der Waals surface area contributed by atoms with Gasteiger partial charge >= 0.3 is 0 Å². The average Bonchev–Trinajstić information content (AvgIpc) is 2.21. The van der Waals surface area contributed by atoms with E-state index in [4.69, 9.17) is 20.4 Å². The second-order valence-corrected chi connectivity index (χ2v) is 2.42. The summed E-state index contributed by atoms with van der Waals surface area (Å²) in [4.78, 5) is 0. The summed E-state index contributed by atoms with van der Waals surface area (Å²) in [6.07, 6.45) is 8.08. The van der Waals surface area contributed by atoms with Crippen LogP contribution in [0, 0.1) is 0 Å². The van der Waals surface area contributed by atoms with Gasteiger partial charge in [0.2, 0.25) is 0 Å². The maximum absolute atomic E-state index is 8.18. The maximum Gasteiger partial charge on any atom is 0.0751 e. The van der Waals surface area contributed by atoms with E-state index in [0.29, 0.717) is 6.42 Å². The van der Waals surface area contributed by atoms with E-state index < -0.39 is 0 Å². The van der Waals surface area contributed by atoms with E-state index in [2.05, 4.69) is 0 Å². The monoisotopic (exact) mass is 204 g/mol. The molecule has 0 unspecified atom stereocenters. The number of rotatable bonds is 6. The fourth-order valence-electron chi connectivity index (χ4n) is 0.551. The van der Waals surface area contributed by atoms with E-state index in [0.717, 1.165) is 19.1 Å². The van der Waals surface area contributed by atoms with Crippen molar-refractivity contribution in [2.45, 2.75) is 19.3 Å². The third kappa shape index (κ3) is 22.5. The molecule has 0 aliphatic heterocycles. The lowest BCUT2D eigenvalue weighted by atomic mass is 10.3. The summed E-state index contributed by atoms with van der Waals surface area (Å²) >= 11 is 0. The molecule has 0 aromatic rings. The first-order chi connectivity index (χ1) is 6.83. The van der Waals surface area contributed by atoms with Crippen LogP contribution < -0.4 is 0 Å². The van der Waals surface area contributed by atoms with Gasteiger partial charge in [-0.15, -0.1) is 0 Å². The van der Waals surface area contributed by atoms with Crippen LogP contribution in [0.3, 0.4) is 0 Å². The van der Waals surface area contributed by atoms with Crippen LogP contribution in [-0.4, -0.2) is 40.2 Å². The largest absolute Gasteiger partial charge is 0.516 e. The van der Waals surface area contributed by atoms with Gasteiger partial charge in [-0.3, -0.25) is 0 Å². The maximum atomic E-state index is 8.18. The molecular formula is C10H20O4. The van der Waals surface area contributed by atoms with Crippen LogP contribution in [0.15, 0.2) is 24.5 Å². The van der Waals surface area contributed by atoms with Crippen LogP contribution in [-0.2, 0) is 0 Å². The highest BCUT2D eigenvalue weighted by atomic mass is 16.3. The summed E-state index contributed by atoms with van der Waals surface area (Å²) in [5.41, 5.74) is 0. The van der Waals surface area contributed by atoms with Gasteiger partial charge in [0, 0.05) is 13.2 Å². The van der Waals surface area contributed by atoms with Gasteiger partial charge in [0.05, 0.1) is 12.9 Å². The number of hydrogen-bond acceptors (Lipinski definition) is 4. The van der Waals surface area contributed by atoms with Gasteiger partial charge < -0.3 is 20.4 Å². The van der Waals surface area contributed by atoms with Gasteiger partial charge in [0.15, 0.2) is 0 Å². The van der Waals surface area contributed by atoms with Gasteiger partial charge in [0.1, 0.15) is 0 Å². The van der Waals surface area contributed by atoms with E-state index in [1.54, 1.807) is 18.2 Å². The highest BCUT2D eigenvalue weighted by molar-refractivity contribution is 4.79. The number of aliphatic hydroxyl groups excluding tert-OH is 4. The zero-order valence-electron chi connectivity index (χ0n) is 8.34. The number of aliphatic hydroxyl groups is 4. The highest BCUT2D eigenvalue weighted by Crippen LogP contribution is 1.85. The van der Waals surface area contributed by atoms with Crippen LogP contribution in [0.1, 0.15) is 19.3 Å². The molecule has 0 aliphatic rings. The number of hydrogen-bond donors (Lipinski definition) is 4. The zero-order chi connectivity index (χ0) is 11.1. The van der Waals surface area contributed by atoms with Crippen LogP contribution in [0.4, 0.5) is 0 Å². The summed E-state index contributed by atoms with van der Waals surface area (Å²) in [7, 11) is 0. The minimum Gasteiger partial charge on any atom is -0.516 e. The van der Waals surface area contributed by atoms with Crippen molar-refractivity contribution in [3.8, 4) is 0 Å². The first kappa shape index (κ1) is 15.6. The van der Waals surface area contributed by atoms with Crippen molar-refractivity contribution < 1.29 is 20.4 Å². The van der Waals surface area contributed by atoms with Gasteiger partial charge in [-0.25, -0.2) is 0 Å². The molecule has 0 radical (unpaired) electrons. The van der Waals surface area contributed by atoms with Crippen LogP contribution >= 0.6 is 0 Å². The van der Waals surface area contributed by atoms with Crippen LogP contribution in [0.5, 0.6) is 0 Å². The van der Waals surface area contributed by atoms with E-state index in [1.165, 1.54) is 0 Å². The van der Waals surface area contributed by atoms with Gasteiger partial charge in [-0.05, 0) is 19.3 Å². The normalized spacial score (nSPS) is 10.5. The fourth-order valence-corrected chi connectivity index (χ4v) is 0.551. The van der Waals surface area contributed by atoms with Crippen molar-refractivity contribution in [2.24, 2.45) is 0 Å². The molecular weight excluding hydrogens is 184 g/mol. The van der Waals surface area contributed by atoms with Crippen LogP contribution in [0.2, 0.25) is 0 Å². The Labute approximate surface area is 84.8 Å². The highest BCUT2D eigenvalue weighted by Gasteiger charge is 1.74. The standard InChI is InChI=1S/2C5H10O2/c2*6-4-2-1-3-5-7/h2,4,6-7H,1,3,5H2;1-2,6-7H,3-5H2. The lowest BCUT2D eigenvalue weighted by Crippen LogP contribution is -1.77. The Kier molecular flexibility index (Phi) is 20.1. The van der Waals surface area contributed by atoms with E-state index in [1.807, 2.05) is 0 Å². The minimum absolute atomic E-state index is 0.0694. The van der Waals surface area contributed by atoms with Crippen molar-refractivity contribution in [1.29, 1.82) is 0 Å². The Morgan fingerprint density at radius 2 is 1.50 bits per heavy atom. The summed E-state index contributed by atoms with van der Waals surface area (Å²) in [6, 6.07) is 0. The Morgan fingerprint density at radius 3 is 1.93 bits per heavy atom. The molecule has 14 heavy (non-hydrogen) atoms. The van der Waals surface area contributed by atoms with Crippen molar-refractivity contribution in [2.75, 3.05) is 19.8 Å². The lowest BCUT2D eigenvalue weighted by molar-refractivity contribution is 0.289. The zero-order valence-corrected chi connectivity index (χ0v) is 8.34. The molecule has 0 saturated carbocycles. The van der Waals surface area contributed by atoms with E-state index in [9.17, 15) is 0 Å². The Morgan fingerprint density at radius 1 is 0.786 bits per heavy atom. The second kappa shape index (κ2) is 18.0. The topological polar surface area (TPSA) is 80.9 Å². The van der Waals surface area contributed by atoms with E-state index in [-0.39, 0.29) is 19.8 Å². The molecule has 4 nitrogen and oxygen atoms in total. The van der Waals surface area contributed by atoms with E-state index >= 15 is 0 Å². The molecule has 4 N–H and O–H groups in total. The Hall–Kier alpha value is -0.840. The first-order valence-electron chi connectivity index (χ1n) is 4.60. The summed E-state index contributed by atoms with van der Waals surface area (Å²) in [5, 5.41) is 32.5. The Balaban J connectivity index is 0. The van der Waals surface area contributed by atoms with Crippen molar-refractivity contribution in [1.82, 2.24) is 0 Å². The van der Waals surface area contributed by atoms with Crippen molar-refractivity contribution >= 4 is 0 Å². The van der Waals surface area contributed by atoms with Gasteiger partial charge in [-0.2, -0.15) is 0 Å². The average molecular weight is 204 g/mol. The molecule has 4 heteroatoms. The smallest absolute Gasteiger partial charge is 0.0751 e. The van der Waals surface area contributed by atoms with Crippen molar-refractivity contribution in [3.63, 3.8) is 0 Å². The molecule has 0 aromatic carbocycles. The summed E-state index contributed by atoms with van der Waals surface area (Å²) < 4.78 is 0. The van der Waals surface area contributed by atoms with Crippen LogP contribution in [0.25, 0.3) is 0 Å². The third-order valence-electron chi connectivity index (χ3n) is 1.20. The number of unbranched alkanes of at least 4 members (excludes halogenated alkanes) is 1. The molecule has 0 spiro atoms. The molecule has 0 aromatic heterocycles. The fraction of sp³-hybridized carbons (Fsp3) is 0.600. The predicted octanol–water partition coefficient (Wildman–Crippen LogP) is 0.748. The molecule has 0 aliphatic carbocycles. The summed E-state index contributed by atoms with van der Waals surface area (Å²) in [5.74, 6) is 0. The molecule has 0 rings (SSSR count). The van der Waals surface area contributed by atoms with Gasteiger partial charge in [0.25, 0.3) is 0 Å². The Bertz CT molecular complexity index is 132. The molecule has 0 bridgehead atoms.